The van der Waals surface area contributed by atoms with E-state index in [2.05, 4.69) is 75.8 Å². The molecule has 0 aliphatic carbocycles. The van der Waals surface area contributed by atoms with Crippen molar-refractivity contribution in [3.63, 3.8) is 0 Å². The lowest BCUT2D eigenvalue weighted by molar-refractivity contribution is 0.315. The van der Waals surface area contributed by atoms with Crippen LogP contribution in [0.4, 0.5) is 4.39 Å². The molecule has 1 fully saturated rings. The molecule has 0 N–H and O–H groups in total. The Morgan fingerprint density at radius 3 is 2.50 bits per heavy atom. The molecule has 1 saturated heterocycles. The van der Waals surface area contributed by atoms with Crippen LogP contribution in [0.15, 0.2) is 63.2 Å². The third-order valence-corrected chi connectivity index (χ3v) is 4.91. The largest absolute Gasteiger partial charge is 0.367 e. The summed E-state index contributed by atoms with van der Waals surface area (Å²) in [5, 5.41) is 6.99. The quantitative estimate of drug-likeness (QED) is 0.486. The molecule has 1 atom stereocenters. The van der Waals surface area contributed by atoms with Gasteiger partial charge in [-0.3, -0.25) is 0 Å². The lowest BCUT2D eigenvalue weighted by Crippen LogP contribution is -2.32. The van der Waals surface area contributed by atoms with Crippen molar-refractivity contribution >= 4 is 5.71 Å². The first-order valence-electron chi connectivity index (χ1n) is 10.4. The average Bonchev–Trinajstić information content (AvgIpc) is 3.05. The van der Waals surface area contributed by atoms with Gasteiger partial charge in [0.2, 0.25) is 0 Å². The fourth-order valence-electron chi connectivity index (χ4n) is 3.68. The van der Waals surface area contributed by atoms with Crippen molar-refractivity contribution in [2.24, 2.45) is 5.10 Å². The van der Waals surface area contributed by atoms with Gasteiger partial charge >= 0.3 is 0 Å². The number of unbranched alkanes of at least 4 members (excludes halogenated alkanes) is 1. The lowest BCUT2D eigenvalue weighted by Gasteiger charge is -2.35. The molecule has 0 radical (unpaired) electrons. The molecule has 3 nitrogen and oxygen atoms in total. The monoisotopic (exact) mass is 385 g/mol. The van der Waals surface area contributed by atoms with Gasteiger partial charge in [0.25, 0.3) is 0 Å². The smallest absolute Gasteiger partial charge is 0.119 e. The molecule has 2 rings (SSSR count). The van der Waals surface area contributed by atoms with Gasteiger partial charge in [0, 0.05) is 13.1 Å². The van der Waals surface area contributed by atoms with Crippen molar-refractivity contribution in [1.29, 1.82) is 0 Å². The highest BCUT2D eigenvalue weighted by molar-refractivity contribution is 5.95. The van der Waals surface area contributed by atoms with Crippen LogP contribution in [0.2, 0.25) is 0 Å². The molecule has 154 valence electrons. The maximum atomic E-state index is 14.0. The fraction of sp³-hybridized carbons (Fsp3) is 0.542. The number of hydrogen-bond donors (Lipinski definition) is 0. The van der Waals surface area contributed by atoms with Crippen molar-refractivity contribution < 1.29 is 4.39 Å². The van der Waals surface area contributed by atoms with Crippen LogP contribution in [0.25, 0.3) is 0 Å². The van der Waals surface area contributed by atoms with Crippen LogP contribution in [0.5, 0.6) is 0 Å². The van der Waals surface area contributed by atoms with Gasteiger partial charge in [-0.2, -0.15) is 5.10 Å². The van der Waals surface area contributed by atoms with E-state index in [1.807, 2.05) is 6.92 Å². The first-order chi connectivity index (χ1) is 13.3. The zero-order valence-corrected chi connectivity index (χ0v) is 18.6. The molecule has 0 bridgehead atoms. The fourth-order valence-corrected chi connectivity index (χ4v) is 3.68. The highest BCUT2D eigenvalue weighted by Crippen LogP contribution is 2.35. The van der Waals surface area contributed by atoms with Crippen LogP contribution in [-0.4, -0.2) is 34.9 Å². The van der Waals surface area contributed by atoms with E-state index in [4.69, 9.17) is 5.10 Å². The van der Waals surface area contributed by atoms with Crippen molar-refractivity contribution in [3.05, 3.63) is 58.1 Å². The number of nitrogens with zero attached hydrogens (tertiary/aromatic N) is 3. The molecule has 1 unspecified atom stereocenters. The Balaban J connectivity index is 2.58. The van der Waals surface area contributed by atoms with Gasteiger partial charge < -0.3 is 4.90 Å². The lowest BCUT2D eigenvalue weighted by atomic mass is 10.0. The molecule has 28 heavy (non-hydrogen) atoms. The Labute approximate surface area is 170 Å². The van der Waals surface area contributed by atoms with Gasteiger partial charge in [0.15, 0.2) is 0 Å². The summed E-state index contributed by atoms with van der Waals surface area (Å²) in [6, 6.07) is 0. The van der Waals surface area contributed by atoms with E-state index in [1.165, 1.54) is 11.1 Å². The van der Waals surface area contributed by atoms with Gasteiger partial charge in [-0.25, -0.2) is 9.40 Å². The predicted octanol–water partition coefficient (Wildman–Crippen LogP) is 6.50. The minimum Gasteiger partial charge on any atom is -0.367 e. The number of alkyl halides is 1. The zero-order chi connectivity index (χ0) is 20.8. The molecule has 4 heteroatoms. The Morgan fingerprint density at radius 2 is 2.00 bits per heavy atom. The summed E-state index contributed by atoms with van der Waals surface area (Å²) in [7, 11) is 0. The number of allylic oxidation sites excluding steroid dienone is 6. The predicted molar refractivity (Wildman–Crippen MR) is 119 cm³/mol. The van der Waals surface area contributed by atoms with Gasteiger partial charge in [0.1, 0.15) is 6.17 Å². The van der Waals surface area contributed by atoms with E-state index in [0.717, 1.165) is 47.8 Å². The summed E-state index contributed by atoms with van der Waals surface area (Å²) in [5.41, 5.74) is 7.82. The van der Waals surface area contributed by atoms with Crippen LogP contribution < -0.4 is 0 Å². The Bertz CT molecular complexity index is 757. The minimum atomic E-state index is -0.749. The molecular weight excluding hydrogens is 349 g/mol. The minimum absolute atomic E-state index is 0.463. The van der Waals surface area contributed by atoms with Gasteiger partial charge in [-0.1, -0.05) is 42.7 Å². The number of halogens is 1. The van der Waals surface area contributed by atoms with Gasteiger partial charge in [-0.15, -0.1) is 0 Å². The third-order valence-electron chi connectivity index (χ3n) is 4.91. The van der Waals surface area contributed by atoms with Crippen LogP contribution in [-0.2, 0) is 0 Å². The topological polar surface area (TPSA) is 18.8 Å². The summed E-state index contributed by atoms with van der Waals surface area (Å²) in [6.07, 6.45) is 10.6. The van der Waals surface area contributed by atoms with E-state index in [-0.39, 0.29) is 0 Å². The van der Waals surface area contributed by atoms with Gasteiger partial charge in [-0.05, 0) is 66.0 Å². The summed E-state index contributed by atoms with van der Waals surface area (Å²) in [4.78, 5) is 2.18. The molecular formula is C24H36FN3. The first kappa shape index (κ1) is 22.2. The molecule has 0 saturated carbocycles. The normalized spacial score (nSPS) is 21.6. The number of rotatable bonds is 6. The van der Waals surface area contributed by atoms with Crippen LogP contribution >= 0.6 is 0 Å². The molecule has 0 spiro atoms. The molecule has 2 heterocycles. The highest BCUT2D eigenvalue weighted by Gasteiger charge is 2.31. The SMILES string of the molecule is C/C=C(\C=C(C)C)C(=C(C)C)N1N=C(C)C=C(N2CCC(F)C2)/C1=C\CCC. The summed E-state index contributed by atoms with van der Waals surface area (Å²) in [6.45, 7) is 16.0. The van der Waals surface area contributed by atoms with E-state index < -0.39 is 6.17 Å². The Morgan fingerprint density at radius 1 is 1.29 bits per heavy atom. The zero-order valence-electron chi connectivity index (χ0n) is 18.6. The first-order valence-corrected chi connectivity index (χ1v) is 10.4. The molecule has 0 aromatic heterocycles. The molecule has 2 aliphatic rings. The van der Waals surface area contributed by atoms with E-state index in [1.54, 1.807) is 0 Å². The van der Waals surface area contributed by atoms with Crippen LogP contribution in [0.3, 0.4) is 0 Å². The van der Waals surface area contributed by atoms with Crippen molar-refractivity contribution in [2.75, 3.05) is 13.1 Å². The Kier molecular flexibility index (Phi) is 7.85. The maximum Gasteiger partial charge on any atom is 0.119 e. The van der Waals surface area contributed by atoms with Gasteiger partial charge in [0.05, 0.1) is 22.8 Å². The van der Waals surface area contributed by atoms with Crippen molar-refractivity contribution in [3.8, 4) is 0 Å². The highest BCUT2D eigenvalue weighted by atomic mass is 19.1. The number of likely N-dealkylation sites (tertiary alicyclic amines) is 1. The molecule has 0 amide bonds. The summed E-state index contributed by atoms with van der Waals surface area (Å²) >= 11 is 0. The molecule has 0 aromatic rings. The second-order valence-electron chi connectivity index (χ2n) is 8.11. The van der Waals surface area contributed by atoms with Crippen molar-refractivity contribution in [2.45, 2.75) is 73.9 Å². The summed E-state index contributed by atoms with van der Waals surface area (Å²) in [5.74, 6) is 0. The maximum absolute atomic E-state index is 14.0. The number of hydrogen-bond acceptors (Lipinski definition) is 3. The second-order valence-corrected chi connectivity index (χ2v) is 8.11. The van der Waals surface area contributed by atoms with Crippen molar-refractivity contribution in [1.82, 2.24) is 9.91 Å². The van der Waals surface area contributed by atoms with Crippen LogP contribution in [0, 0.1) is 0 Å². The summed E-state index contributed by atoms with van der Waals surface area (Å²) < 4.78 is 14.0. The van der Waals surface area contributed by atoms with E-state index in [0.29, 0.717) is 13.0 Å². The molecule has 2 aliphatic heterocycles. The van der Waals surface area contributed by atoms with E-state index >= 15 is 0 Å². The third kappa shape index (κ3) is 5.24. The number of hydrazone groups is 1. The standard InChI is InChI=1S/C24H36FN3/c1-8-10-11-22-23(27-13-12-21(25)16-27)15-19(7)26-28(22)24(18(5)6)20(9-2)14-17(3)4/h9,11,14-15,21H,8,10,12-13,16H2,1-7H3/b20-9+,22-11+. The molecule has 0 aromatic carbocycles. The van der Waals surface area contributed by atoms with E-state index in [9.17, 15) is 4.39 Å². The Hall–Kier alpha value is -2.10. The van der Waals surface area contributed by atoms with Crippen LogP contribution in [0.1, 0.15) is 67.7 Å². The second kappa shape index (κ2) is 9.90. The average molecular weight is 386 g/mol.